The number of aromatic nitrogens is 3. The number of nitrogens with one attached hydrogen (secondary N) is 3. The van der Waals surface area contributed by atoms with Crippen LogP contribution in [0.3, 0.4) is 0 Å². The summed E-state index contributed by atoms with van der Waals surface area (Å²) >= 11 is 0. The van der Waals surface area contributed by atoms with Gasteiger partial charge in [0.25, 0.3) is 5.56 Å². The molecule has 6 N–H and O–H groups in total. The third-order valence-electron chi connectivity index (χ3n) is 3.79. The van der Waals surface area contributed by atoms with Crippen LogP contribution in [0, 0.1) is 0 Å². The molecule has 1 fully saturated rings. The molecule has 8 heteroatoms. The van der Waals surface area contributed by atoms with E-state index in [0.717, 1.165) is 5.56 Å². The fraction of sp³-hybridized carbons (Fsp3) is 0.500. The number of aromatic amines is 2. The van der Waals surface area contributed by atoms with E-state index in [0.29, 0.717) is 17.5 Å². The standard InChI is InChI=1S/C12H16N4O4/c17-3-7-11(19)10(18)6(16-7)1-5-2-13-9-8(5)14-4-15-12(9)20/h2,4,6-7,10-11,13,16-19H,1,3H2,(H,14,15,20)/t6-,7+,10?,11-/m0/s1. The van der Waals surface area contributed by atoms with Crippen molar-refractivity contribution in [1.29, 1.82) is 0 Å². The fourth-order valence-corrected chi connectivity index (χ4v) is 2.69. The van der Waals surface area contributed by atoms with Gasteiger partial charge in [-0.15, -0.1) is 0 Å². The normalized spacial score (nSPS) is 30.1. The zero-order valence-corrected chi connectivity index (χ0v) is 10.6. The topological polar surface area (TPSA) is 134 Å². The Morgan fingerprint density at radius 2 is 1.95 bits per heavy atom. The molecular weight excluding hydrogens is 264 g/mol. The van der Waals surface area contributed by atoms with E-state index in [4.69, 9.17) is 5.11 Å². The van der Waals surface area contributed by atoms with Gasteiger partial charge < -0.3 is 30.6 Å². The van der Waals surface area contributed by atoms with Crippen LogP contribution in [0.2, 0.25) is 0 Å². The maximum atomic E-state index is 11.6. The van der Waals surface area contributed by atoms with Crippen LogP contribution in [-0.2, 0) is 6.42 Å². The third kappa shape index (κ3) is 2.02. The van der Waals surface area contributed by atoms with Crippen molar-refractivity contribution in [1.82, 2.24) is 20.3 Å². The second-order valence-corrected chi connectivity index (χ2v) is 5.02. The molecule has 0 saturated carbocycles. The van der Waals surface area contributed by atoms with Crippen molar-refractivity contribution >= 4 is 11.0 Å². The molecule has 1 aliphatic heterocycles. The molecule has 8 nitrogen and oxygen atoms in total. The maximum absolute atomic E-state index is 11.6. The van der Waals surface area contributed by atoms with Gasteiger partial charge in [0.1, 0.15) is 5.52 Å². The molecule has 108 valence electrons. The molecule has 2 aromatic heterocycles. The van der Waals surface area contributed by atoms with E-state index in [9.17, 15) is 15.0 Å². The van der Waals surface area contributed by atoms with Gasteiger partial charge in [0.2, 0.25) is 0 Å². The Hall–Kier alpha value is -1.74. The smallest absolute Gasteiger partial charge is 0.275 e. The fourth-order valence-electron chi connectivity index (χ4n) is 2.69. The largest absolute Gasteiger partial charge is 0.395 e. The lowest BCUT2D eigenvalue weighted by atomic mass is 10.0. The predicted molar refractivity (Wildman–Crippen MR) is 70.2 cm³/mol. The van der Waals surface area contributed by atoms with Gasteiger partial charge in [-0.1, -0.05) is 0 Å². The van der Waals surface area contributed by atoms with Gasteiger partial charge in [-0.2, -0.15) is 0 Å². The summed E-state index contributed by atoms with van der Waals surface area (Å²) in [5.41, 5.74) is 1.45. The lowest BCUT2D eigenvalue weighted by molar-refractivity contribution is 0.0197. The first-order valence-electron chi connectivity index (χ1n) is 6.38. The summed E-state index contributed by atoms with van der Waals surface area (Å²) in [6.07, 6.45) is 1.41. The highest BCUT2D eigenvalue weighted by atomic mass is 16.3. The molecule has 0 bridgehead atoms. The zero-order chi connectivity index (χ0) is 14.3. The first kappa shape index (κ1) is 13.3. The van der Waals surface area contributed by atoms with Crippen LogP contribution in [-0.4, -0.2) is 61.2 Å². The average molecular weight is 280 g/mol. The van der Waals surface area contributed by atoms with Crippen LogP contribution in [0.1, 0.15) is 5.56 Å². The lowest BCUT2D eigenvalue weighted by Gasteiger charge is -2.14. The minimum Gasteiger partial charge on any atom is -0.395 e. The Balaban J connectivity index is 1.87. The summed E-state index contributed by atoms with van der Waals surface area (Å²) in [5, 5.41) is 31.8. The minimum atomic E-state index is -1.01. The summed E-state index contributed by atoms with van der Waals surface area (Å²) < 4.78 is 0. The molecule has 20 heavy (non-hydrogen) atoms. The second-order valence-electron chi connectivity index (χ2n) is 5.02. The molecule has 0 radical (unpaired) electrons. The molecule has 3 rings (SSSR count). The SMILES string of the molecule is O=c1[nH]cnc2c(C[C@@H]3N[C@H](CO)[C@H](O)C3O)c[nH]c12. The minimum absolute atomic E-state index is 0.249. The Kier molecular flexibility index (Phi) is 3.30. The Labute approximate surface area is 113 Å². The maximum Gasteiger partial charge on any atom is 0.275 e. The van der Waals surface area contributed by atoms with E-state index >= 15 is 0 Å². The first-order chi connectivity index (χ1) is 9.61. The number of aliphatic hydroxyl groups is 3. The van der Waals surface area contributed by atoms with Crippen molar-refractivity contribution < 1.29 is 15.3 Å². The second kappa shape index (κ2) is 4.98. The highest BCUT2D eigenvalue weighted by molar-refractivity contribution is 5.77. The molecule has 2 aromatic rings. The summed E-state index contributed by atoms with van der Waals surface area (Å²) in [5.74, 6) is 0. The molecule has 1 unspecified atom stereocenters. The highest BCUT2D eigenvalue weighted by Crippen LogP contribution is 2.21. The summed E-state index contributed by atoms with van der Waals surface area (Å²) in [7, 11) is 0. The van der Waals surface area contributed by atoms with Crippen LogP contribution in [0.4, 0.5) is 0 Å². The number of nitrogens with zero attached hydrogens (tertiary/aromatic N) is 1. The number of rotatable bonds is 3. The van der Waals surface area contributed by atoms with E-state index in [1.165, 1.54) is 6.33 Å². The van der Waals surface area contributed by atoms with Crippen molar-refractivity contribution in [2.75, 3.05) is 6.61 Å². The first-order valence-corrected chi connectivity index (χ1v) is 6.38. The molecule has 0 amide bonds. The number of fused-ring (bicyclic) bond motifs is 1. The number of H-pyrrole nitrogens is 2. The van der Waals surface area contributed by atoms with Gasteiger partial charge in [-0.25, -0.2) is 4.98 Å². The van der Waals surface area contributed by atoms with Crippen LogP contribution in [0.15, 0.2) is 17.3 Å². The average Bonchev–Trinajstić information content (AvgIpc) is 2.97. The van der Waals surface area contributed by atoms with E-state index in [1.54, 1.807) is 6.20 Å². The summed E-state index contributed by atoms with van der Waals surface area (Å²) in [4.78, 5) is 21.0. The van der Waals surface area contributed by atoms with Gasteiger partial charge >= 0.3 is 0 Å². The number of hydrogen-bond donors (Lipinski definition) is 6. The van der Waals surface area contributed by atoms with Gasteiger partial charge in [-0.3, -0.25) is 4.79 Å². The quantitative estimate of drug-likeness (QED) is 0.379. The summed E-state index contributed by atoms with van der Waals surface area (Å²) in [6, 6.07) is -0.946. The monoisotopic (exact) mass is 280 g/mol. The van der Waals surface area contributed by atoms with Crippen molar-refractivity contribution in [3.63, 3.8) is 0 Å². The molecule has 1 saturated heterocycles. The Morgan fingerprint density at radius 3 is 2.65 bits per heavy atom. The highest BCUT2D eigenvalue weighted by Gasteiger charge is 2.40. The molecule has 0 aromatic carbocycles. The van der Waals surface area contributed by atoms with Gasteiger partial charge in [0.05, 0.1) is 36.7 Å². The van der Waals surface area contributed by atoms with Gasteiger partial charge in [0.15, 0.2) is 0 Å². The number of hydrogen-bond acceptors (Lipinski definition) is 6. The van der Waals surface area contributed by atoms with E-state index in [1.807, 2.05) is 0 Å². The van der Waals surface area contributed by atoms with Crippen molar-refractivity contribution in [2.45, 2.75) is 30.7 Å². The van der Waals surface area contributed by atoms with Crippen LogP contribution in [0.25, 0.3) is 11.0 Å². The zero-order valence-electron chi connectivity index (χ0n) is 10.6. The molecule has 4 atom stereocenters. The van der Waals surface area contributed by atoms with Crippen molar-refractivity contribution in [3.05, 3.63) is 28.4 Å². The van der Waals surface area contributed by atoms with Gasteiger partial charge in [0, 0.05) is 12.2 Å². The molecule has 0 aliphatic carbocycles. The van der Waals surface area contributed by atoms with Crippen LogP contribution in [0.5, 0.6) is 0 Å². The van der Waals surface area contributed by atoms with Crippen LogP contribution < -0.4 is 10.9 Å². The number of aliphatic hydroxyl groups excluding tert-OH is 3. The molecule has 0 spiro atoms. The van der Waals surface area contributed by atoms with E-state index < -0.39 is 24.3 Å². The Morgan fingerprint density at radius 1 is 1.20 bits per heavy atom. The Bertz CT molecular complexity index is 667. The molecule has 3 heterocycles. The van der Waals surface area contributed by atoms with Crippen LogP contribution >= 0.6 is 0 Å². The molecular formula is C12H16N4O4. The molecule has 1 aliphatic rings. The van der Waals surface area contributed by atoms with Crippen molar-refractivity contribution in [3.8, 4) is 0 Å². The van der Waals surface area contributed by atoms with Crippen molar-refractivity contribution in [2.24, 2.45) is 0 Å². The predicted octanol–water partition coefficient (Wildman–Crippen LogP) is -2.15. The lowest BCUT2D eigenvalue weighted by Crippen LogP contribution is -2.37. The summed E-state index contributed by atoms with van der Waals surface area (Å²) in [6.45, 7) is -0.249. The third-order valence-corrected chi connectivity index (χ3v) is 3.79. The van der Waals surface area contributed by atoms with E-state index in [-0.39, 0.29) is 12.2 Å². The van der Waals surface area contributed by atoms with Gasteiger partial charge in [-0.05, 0) is 12.0 Å². The van der Waals surface area contributed by atoms with E-state index in [2.05, 4.69) is 20.3 Å².